The summed E-state index contributed by atoms with van der Waals surface area (Å²) in [6, 6.07) is 9.36. The molecule has 1 aliphatic heterocycles. The molecule has 2 atom stereocenters. The largest absolute Gasteiger partial charge is 0.310 e. The van der Waals surface area contributed by atoms with Crippen LogP contribution in [-0.2, 0) is 6.54 Å². The van der Waals surface area contributed by atoms with Crippen LogP contribution in [0.25, 0.3) is 10.8 Å². The Labute approximate surface area is 121 Å². The Morgan fingerprint density at radius 3 is 3.05 bits per heavy atom. The number of benzene rings is 1. The number of rotatable bonds is 3. The lowest BCUT2D eigenvalue weighted by molar-refractivity contribution is 0.174. The molecule has 2 heterocycles. The van der Waals surface area contributed by atoms with Gasteiger partial charge in [0.05, 0.1) is 0 Å². The molecular weight excluding hydrogens is 246 g/mol. The van der Waals surface area contributed by atoms with Crippen LogP contribution in [0, 0.1) is 5.92 Å². The zero-order valence-electron chi connectivity index (χ0n) is 12.3. The lowest BCUT2D eigenvalue weighted by Crippen LogP contribution is -2.46. The van der Waals surface area contributed by atoms with Gasteiger partial charge >= 0.3 is 0 Å². The summed E-state index contributed by atoms with van der Waals surface area (Å²) in [5.74, 6) is 0.721. The second kappa shape index (κ2) is 5.90. The molecule has 1 N–H and O–H groups in total. The van der Waals surface area contributed by atoms with E-state index in [2.05, 4.69) is 53.4 Å². The Morgan fingerprint density at radius 1 is 1.30 bits per heavy atom. The Kier molecular flexibility index (Phi) is 3.99. The van der Waals surface area contributed by atoms with Crippen molar-refractivity contribution in [3.63, 3.8) is 0 Å². The fraction of sp³-hybridized carbons (Fsp3) is 0.471. The molecule has 3 heteroatoms. The number of piperidine rings is 1. The Balaban J connectivity index is 1.65. The van der Waals surface area contributed by atoms with E-state index in [-0.39, 0.29) is 0 Å². The van der Waals surface area contributed by atoms with E-state index in [1.54, 1.807) is 0 Å². The highest BCUT2D eigenvalue weighted by atomic mass is 15.1. The van der Waals surface area contributed by atoms with Gasteiger partial charge in [0.15, 0.2) is 0 Å². The van der Waals surface area contributed by atoms with E-state index in [9.17, 15) is 0 Å². The molecule has 1 aromatic carbocycles. The quantitative estimate of drug-likeness (QED) is 0.928. The Bertz CT molecular complexity index is 581. The van der Waals surface area contributed by atoms with Crippen LogP contribution in [0.4, 0.5) is 0 Å². The first-order valence-corrected chi connectivity index (χ1v) is 7.47. The summed E-state index contributed by atoms with van der Waals surface area (Å²) >= 11 is 0. The maximum atomic E-state index is 4.16. The van der Waals surface area contributed by atoms with Crippen molar-refractivity contribution in [2.24, 2.45) is 5.92 Å². The number of pyridine rings is 1. The highest BCUT2D eigenvalue weighted by molar-refractivity contribution is 5.81. The molecule has 0 spiro atoms. The average Bonchev–Trinajstić information content (AvgIpc) is 2.46. The van der Waals surface area contributed by atoms with Crippen molar-refractivity contribution in [1.29, 1.82) is 0 Å². The van der Waals surface area contributed by atoms with E-state index in [1.807, 2.05) is 12.4 Å². The minimum Gasteiger partial charge on any atom is -0.310 e. The van der Waals surface area contributed by atoms with Crippen LogP contribution >= 0.6 is 0 Å². The van der Waals surface area contributed by atoms with Crippen LogP contribution in [0.1, 0.15) is 18.9 Å². The maximum Gasteiger partial charge on any atom is 0.0346 e. The summed E-state index contributed by atoms with van der Waals surface area (Å²) in [6.07, 6.45) is 5.03. The second-order valence-electron chi connectivity index (χ2n) is 6.07. The molecule has 1 saturated heterocycles. The third kappa shape index (κ3) is 3.00. The van der Waals surface area contributed by atoms with Gasteiger partial charge in [-0.3, -0.25) is 4.98 Å². The molecule has 3 rings (SSSR count). The predicted octanol–water partition coefficient (Wildman–Crippen LogP) is 2.66. The second-order valence-corrected chi connectivity index (χ2v) is 6.07. The Hall–Kier alpha value is -1.45. The number of hydrogen-bond donors (Lipinski definition) is 1. The van der Waals surface area contributed by atoms with E-state index in [0.29, 0.717) is 6.04 Å². The van der Waals surface area contributed by atoms with Gasteiger partial charge in [-0.25, -0.2) is 0 Å². The molecule has 0 aliphatic carbocycles. The molecular formula is C17H23N3. The summed E-state index contributed by atoms with van der Waals surface area (Å²) in [7, 11) is 2.21. The van der Waals surface area contributed by atoms with Crippen molar-refractivity contribution >= 4 is 10.8 Å². The van der Waals surface area contributed by atoms with Gasteiger partial charge < -0.3 is 10.2 Å². The molecule has 1 aromatic heterocycles. The number of aromatic nitrogens is 1. The first-order valence-electron chi connectivity index (χ1n) is 7.47. The lowest BCUT2D eigenvalue weighted by Gasteiger charge is -2.35. The minimum atomic E-state index is 0.638. The molecule has 0 radical (unpaired) electrons. The molecule has 0 saturated carbocycles. The first-order chi connectivity index (χ1) is 9.72. The van der Waals surface area contributed by atoms with Crippen molar-refractivity contribution in [1.82, 2.24) is 15.2 Å². The van der Waals surface area contributed by atoms with Crippen LogP contribution in [0.15, 0.2) is 36.7 Å². The van der Waals surface area contributed by atoms with Crippen molar-refractivity contribution in [3.05, 3.63) is 42.2 Å². The zero-order valence-corrected chi connectivity index (χ0v) is 12.3. The third-order valence-electron chi connectivity index (χ3n) is 4.38. The SMILES string of the molecule is CC1CN(C)CCC1NCc1ccc2cnccc2c1. The Morgan fingerprint density at radius 2 is 2.20 bits per heavy atom. The van der Waals surface area contributed by atoms with Crippen LogP contribution in [0.2, 0.25) is 0 Å². The molecule has 2 unspecified atom stereocenters. The highest BCUT2D eigenvalue weighted by Gasteiger charge is 2.23. The highest BCUT2D eigenvalue weighted by Crippen LogP contribution is 2.18. The predicted molar refractivity (Wildman–Crippen MR) is 83.6 cm³/mol. The van der Waals surface area contributed by atoms with E-state index in [4.69, 9.17) is 0 Å². The minimum absolute atomic E-state index is 0.638. The van der Waals surface area contributed by atoms with E-state index >= 15 is 0 Å². The van der Waals surface area contributed by atoms with Gasteiger partial charge in [-0.1, -0.05) is 19.1 Å². The number of likely N-dealkylation sites (tertiary alicyclic amines) is 1. The number of fused-ring (bicyclic) bond motifs is 1. The number of nitrogens with one attached hydrogen (secondary N) is 1. The summed E-state index contributed by atoms with van der Waals surface area (Å²) < 4.78 is 0. The summed E-state index contributed by atoms with van der Waals surface area (Å²) in [6.45, 7) is 5.70. The normalized spacial score (nSPS) is 24.1. The summed E-state index contributed by atoms with van der Waals surface area (Å²) in [5, 5.41) is 6.22. The monoisotopic (exact) mass is 269 g/mol. The number of hydrogen-bond acceptors (Lipinski definition) is 3. The average molecular weight is 269 g/mol. The maximum absolute atomic E-state index is 4.16. The van der Waals surface area contributed by atoms with Crippen LogP contribution in [0.5, 0.6) is 0 Å². The first kappa shape index (κ1) is 13.5. The van der Waals surface area contributed by atoms with Gasteiger partial charge in [-0.15, -0.1) is 0 Å². The summed E-state index contributed by atoms with van der Waals surface area (Å²) in [4.78, 5) is 6.58. The van der Waals surface area contributed by atoms with Gasteiger partial charge in [0.1, 0.15) is 0 Å². The molecule has 106 valence electrons. The molecule has 2 aromatic rings. The van der Waals surface area contributed by atoms with E-state index < -0.39 is 0 Å². The summed E-state index contributed by atoms with van der Waals surface area (Å²) in [5.41, 5.74) is 1.36. The van der Waals surface area contributed by atoms with Gasteiger partial charge in [0.25, 0.3) is 0 Å². The third-order valence-corrected chi connectivity index (χ3v) is 4.38. The standard InChI is InChI=1S/C17H23N3/c1-13-12-20(2)8-6-17(13)19-10-14-3-4-16-11-18-7-5-15(16)9-14/h3-5,7,9,11,13,17,19H,6,8,10,12H2,1-2H3. The van der Waals surface area contributed by atoms with Gasteiger partial charge in [0.2, 0.25) is 0 Å². The van der Waals surface area contributed by atoms with Crippen LogP contribution in [-0.4, -0.2) is 36.1 Å². The van der Waals surface area contributed by atoms with E-state index in [1.165, 1.54) is 35.8 Å². The molecule has 1 fully saturated rings. The van der Waals surface area contributed by atoms with Crippen LogP contribution in [0.3, 0.4) is 0 Å². The molecule has 1 aliphatic rings. The molecule has 0 amide bonds. The zero-order chi connectivity index (χ0) is 13.9. The topological polar surface area (TPSA) is 28.2 Å². The van der Waals surface area contributed by atoms with Crippen molar-refractivity contribution in [3.8, 4) is 0 Å². The van der Waals surface area contributed by atoms with Gasteiger partial charge in [0, 0.05) is 36.9 Å². The van der Waals surface area contributed by atoms with Gasteiger partial charge in [-0.05, 0) is 49.0 Å². The van der Waals surface area contributed by atoms with Crippen LogP contribution < -0.4 is 5.32 Å². The van der Waals surface area contributed by atoms with Crippen molar-refractivity contribution in [2.45, 2.75) is 25.9 Å². The fourth-order valence-corrected chi connectivity index (χ4v) is 3.15. The lowest BCUT2D eigenvalue weighted by atomic mass is 9.94. The van der Waals surface area contributed by atoms with E-state index in [0.717, 1.165) is 12.5 Å². The van der Waals surface area contributed by atoms with Crippen molar-refractivity contribution < 1.29 is 0 Å². The molecule has 3 nitrogen and oxygen atoms in total. The molecule has 0 bridgehead atoms. The fourth-order valence-electron chi connectivity index (χ4n) is 3.15. The number of nitrogens with zero attached hydrogens (tertiary/aromatic N) is 2. The van der Waals surface area contributed by atoms with Gasteiger partial charge in [-0.2, -0.15) is 0 Å². The van der Waals surface area contributed by atoms with Crippen molar-refractivity contribution in [2.75, 3.05) is 20.1 Å². The smallest absolute Gasteiger partial charge is 0.0346 e. The molecule has 20 heavy (non-hydrogen) atoms.